The predicted molar refractivity (Wildman–Crippen MR) is 353 cm³/mol. The number of ether oxygens (including phenoxy) is 9. The summed E-state index contributed by atoms with van der Waals surface area (Å²) in [7, 11) is 1.25. The molecule has 0 amide bonds. The molecule has 3 fully saturated rings. The van der Waals surface area contributed by atoms with Crippen molar-refractivity contribution in [3.8, 4) is 34.5 Å². The summed E-state index contributed by atoms with van der Waals surface area (Å²) in [4.78, 5) is 45.6. The monoisotopic (exact) mass is 1260 g/mol. The number of benzene rings is 3. The Morgan fingerprint density at radius 1 is 0.422 bits per heavy atom. The molecule has 6 N–H and O–H groups in total. The summed E-state index contributed by atoms with van der Waals surface area (Å²) in [6.45, 7) is 30.1. The summed E-state index contributed by atoms with van der Waals surface area (Å²) in [5.41, 5.74) is 25.0. The molecule has 6 aliphatic heterocycles. The molecule has 0 bridgehead atoms. The minimum absolute atomic E-state index is 0.0115. The molecule has 12 atom stereocenters. The van der Waals surface area contributed by atoms with E-state index >= 15 is 0 Å². The Labute approximate surface area is 547 Å². The molecule has 504 valence electrons. The molecule has 9 rings (SSSR count). The van der Waals surface area contributed by atoms with E-state index in [-0.39, 0.29) is 95.4 Å². The van der Waals surface area contributed by atoms with Crippen LogP contribution in [-0.2, 0) is 47.9 Å². The quantitative estimate of drug-likeness (QED) is 0.0666. The van der Waals surface area contributed by atoms with Crippen LogP contribution in [0.1, 0.15) is 181 Å². The Bertz CT molecular complexity index is 2940. The Balaban J connectivity index is 0.000000203. The highest BCUT2D eigenvalue weighted by Gasteiger charge is 2.45. The Hall–Kier alpha value is -5.37. The second-order valence-corrected chi connectivity index (χ2v) is 28.4. The van der Waals surface area contributed by atoms with Gasteiger partial charge in [-0.05, 0) is 144 Å². The van der Waals surface area contributed by atoms with E-state index < -0.39 is 32.2 Å². The molecule has 6 aliphatic rings. The number of piperidine rings is 3. The standard InChI is InChI=1S/3C24H38N2O4/c3*1-14(2)9-17-13-26-8-7-16-10-21(28-5)22(29-6)11-18(16)19(26)12-20(17)30-24(27)23(25)15(3)4/h3*10-11,14-15,17,19-20,23H,7-9,12-13,25H2,1-6H3/t3*17?,19?,20?,23-/m000/s1/i2*5D3;. The molecule has 0 saturated carbocycles. The van der Waals surface area contributed by atoms with Gasteiger partial charge in [0, 0.05) is 94.4 Å². The van der Waals surface area contributed by atoms with Gasteiger partial charge in [0.25, 0.3) is 0 Å². The molecule has 0 aliphatic carbocycles. The van der Waals surface area contributed by atoms with E-state index in [1.165, 1.54) is 25.3 Å². The van der Waals surface area contributed by atoms with Gasteiger partial charge in [0.05, 0.1) is 50.7 Å². The molecule has 3 aromatic carbocycles. The second kappa shape index (κ2) is 32.5. The van der Waals surface area contributed by atoms with Gasteiger partial charge in [-0.1, -0.05) is 83.1 Å². The fraction of sp³-hybridized carbons (Fsp3) is 0.708. The van der Waals surface area contributed by atoms with Gasteiger partial charge in [-0.25, -0.2) is 0 Å². The number of carbonyl (C=O) groups is 3. The molecule has 0 aromatic heterocycles. The average Bonchev–Trinajstić information content (AvgIpc) is 0.776. The molecule has 0 radical (unpaired) electrons. The lowest BCUT2D eigenvalue weighted by Gasteiger charge is -2.47. The molecule has 90 heavy (non-hydrogen) atoms. The Morgan fingerprint density at radius 3 is 0.889 bits per heavy atom. The second-order valence-electron chi connectivity index (χ2n) is 28.4. The molecule has 18 heteroatoms. The minimum Gasteiger partial charge on any atom is -0.493 e. The highest BCUT2D eigenvalue weighted by Crippen LogP contribution is 2.48. The number of carbonyl (C=O) groups excluding carboxylic acids is 3. The number of fused-ring (bicyclic) bond motifs is 9. The van der Waals surface area contributed by atoms with Gasteiger partial charge in [0.1, 0.15) is 36.4 Å². The summed E-state index contributed by atoms with van der Waals surface area (Å²) < 4.78 is 95.1. The molecule has 3 saturated heterocycles. The molecule has 18 nitrogen and oxygen atoms in total. The van der Waals surface area contributed by atoms with E-state index in [2.05, 4.69) is 68.4 Å². The van der Waals surface area contributed by atoms with E-state index in [4.69, 9.17) is 68.1 Å². The van der Waals surface area contributed by atoms with Crippen LogP contribution in [0.4, 0.5) is 0 Å². The Morgan fingerprint density at radius 2 is 0.667 bits per heavy atom. The van der Waals surface area contributed by atoms with E-state index in [9.17, 15) is 14.4 Å². The minimum atomic E-state index is -2.55. The number of esters is 3. The topological polar surface area (TPSA) is 222 Å². The van der Waals surface area contributed by atoms with Crippen molar-refractivity contribution in [1.29, 1.82) is 0 Å². The number of nitrogens with zero attached hydrogens (tertiary/aromatic N) is 3. The van der Waals surface area contributed by atoms with E-state index in [0.29, 0.717) is 48.0 Å². The predicted octanol–water partition coefficient (Wildman–Crippen LogP) is 10.7. The van der Waals surface area contributed by atoms with Gasteiger partial charge in [0.2, 0.25) is 0 Å². The summed E-state index contributed by atoms with van der Waals surface area (Å²) in [6.07, 6.45) is 7.13. The summed E-state index contributed by atoms with van der Waals surface area (Å²) in [5.74, 6) is 4.22. The fourth-order valence-corrected chi connectivity index (χ4v) is 14.5. The third-order valence-corrected chi connectivity index (χ3v) is 19.6. The van der Waals surface area contributed by atoms with Crippen molar-refractivity contribution in [3.63, 3.8) is 0 Å². The maximum Gasteiger partial charge on any atom is 0.323 e. The zero-order valence-electron chi connectivity index (χ0n) is 62.9. The number of nitrogens with two attached hydrogens (primary N) is 3. The van der Waals surface area contributed by atoms with Gasteiger partial charge >= 0.3 is 17.9 Å². The van der Waals surface area contributed by atoms with Crippen LogP contribution in [0.15, 0.2) is 36.4 Å². The smallest absolute Gasteiger partial charge is 0.323 e. The lowest BCUT2D eigenvalue weighted by atomic mass is 9.79. The zero-order chi connectivity index (χ0) is 71.0. The number of rotatable bonds is 21. The van der Waals surface area contributed by atoms with Crippen molar-refractivity contribution in [2.24, 2.45) is 70.5 Å². The first kappa shape index (κ1) is 63.4. The molecular formula is C72H114N6O12. The van der Waals surface area contributed by atoms with Crippen LogP contribution >= 0.6 is 0 Å². The maximum absolute atomic E-state index is 12.7. The van der Waals surface area contributed by atoms with Crippen LogP contribution in [0.5, 0.6) is 34.5 Å². The van der Waals surface area contributed by atoms with Crippen molar-refractivity contribution in [2.75, 3.05) is 81.8 Å². The Kier molecular flexibility index (Phi) is 22.9. The number of hydrogen-bond donors (Lipinski definition) is 3. The third-order valence-electron chi connectivity index (χ3n) is 19.6. The van der Waals surface area contributed by atoms with Crippen LogP contribution in [0.2, 0.25) is 0 Å². The van der Waals surface area contributed by atoms with Crippen molar-refractivity contribution in [1.82, 2.24) is 14.7 Å². The summed E-state index contributed by atoms with van der Waals surface area (Å²) >= 11 is 0. The summed E-state index contributed by atoms with van der Waals surface area (Å²) in [6, 6.07) is 10.0. The van der Waals surface area contributed by atoms with Crippen LogP contribution in [0.3, 0.4) is 0 Å². The van der Waals surface area contributed by atoms with Gasteiger partial charge in [0.15, 0.2) is 34.5 Å². The first-order valence-electron chi connectivity index (χ1n) is 36.2. The van der Waals surface area contributed by atoms with Crippen molar-refractivity contribution < 1.29 is 65.2 Å². The molecular weight excluding hydrogens is 1140 g/mol. The zero-order valence-corrected chi connectivity index (χ0v) is 56.9. The van der Waals surface area contributed by atoms with Crippen LogP contribution in [0, 0.1) is 53.3 Å². The number of hydrogen-bond acceptors (Lipinski definition) is 18. The van der Waals surface area contributed by atoms with E-state index in [1.54, 1.807) is 26.4 Å². The highest BCUT2D eigenvalue weighted by molar-refractivity contribution is 5.77. The molecule has 6 heterocycles. The number of methoxy groups -OCH3 is 6. The van der Waals surface area contributed by atoms with Gasteiger partial charge in [-0.3, -0.25) is 29.1 Å². The van der Waals surface area contributed by atoms with Crippen LogP contribution < -0.4 is 45.6 Å². The normalized spacial score (nSPS) is 26.2. The largest absolute Gasteiger partial charge is 0.493 e. The SMILES string of the molecule is COc1cc2c(cc1OC)C1CC(OC(=O)[C@@H](N)C(C)C)C(CC(C)C)CN1CC2.[2H]C([2H])([2H])Oc1cc2c(cc1OC)C1CC(OC(=O)[C@@H](N)C(C)C)C(CC(C)C)CN1CC2.[2H]C([2H])([2H])Oc1cc2c(cc1OC)C1CC(OC(=O)[C@@H](N)C(C)C)C(CC(C)C)CN1CC2. The highest BCUT2D eigenvalue weighted by atomic mass is 16.6. The molecule has 9 unspecified atom stereocenters. The first-order chi connectivity index (χ1) is 45.0. The van der Waals surface area contributed by atoms with Crippen molar-refractivity contribution in [2.45, 2.75) is 195 Å². The molecule has 0 spiro atoms. The van der Waals surface area contributed by atoms with E-state index in [0.717, 1.165) is 118 Å². The fourth-order valence-electron chi connectivity index (χ4n) is 14.5. The van der Waals surface area contributed by atoms with Gasteiger partial charge in [-0.15, -0.1) is 0 Å². The van der Waals surface area contributed by atoms with Crippen LogP contribution in [-0.4, -0.2) is 151 Å². The first-order valence-corrected chi connectivity index (χ1v) is 33.2. The molecule has 3 aromatic rings. The third kappa shape index (κ3) is 17.5. The maximum atomic E-state index is 12.7. The van der Waals surface area contributed by atoms with Crippen molar-refractivity contribution >= 4 is 17.9 Å². The van der Waals surface area contributed by atoms with Crippen molar-refractivity contribution in [3.05, 3.63) is 69.8 Å². The van der Waals surface area contributed by atoms with Gasteiger partial charge < -0.3 is 59.8 Å². The average molecular weight is 1260 g/mol. The lowest BCUT2D eigenvalue weighted by Crippen LogP contribution is -2.51. The van der Waals surface area contributed by atoms with Crippen LogP contribution in [0.25, 0.3) is 0 Å². The van der Waals surface area contributed by atoms with E-state index in [1.807, 2.05) is 53.7 Å². The lowest BCUT2D eigenvalue weighted by molar-refractivity contribution is -0.161. The van der Waals surface area contributed by atoms with Gasteiger partial charge in [-0.2, -0.15) is 0 Å². The summed E-state index contributed by atoms with van der Waals surface area (Å²) in [5, 5.41) is 0.